The maximum Gasteiger partial charge on any atom is 0.120 e. The second-order valence-electron chi connectivity index (χ2n) is 3.21. The third kappa shape index (κ3) is 15.6. The molecule has 0 spiro atoms. The molecule has 0 radical (unpaired) electrons. The van der Waals surface area contributed by atoms with Gasteiger partial charge in [0.05, 0.1) is 12.1 Å². The molecule has 6 nitrogen and oxygen atoms in total. The van der Waals surface area contributed by atoms with E-state index in [1.54, 1.807) is 0 Å². The molecular formula is C10H22N2O4S2W2-2. The molecule has 0 aliphatic rings. The maximum atomic E-state index is 11.1. The first-order valence-corrected chi connectivity index (χ1v) is 7.41. The molecule has 20 heavy (non-hydrogen) atoms. The van der Waals surface area contributed by atoms with Gasteiger partial charge >= 0.3 is 0 Å². The van der Waals surface area contributed by atoms with Crippen LogP contribution < -0.4 is 11.5 Å². The molecule has 10 heteroatoms. The smallest absolute Gasteiger partial charge is 0.120 e. The van der Waals surface area contributed by atoms with E-state index in [0.717, 1.165) is 0 Å². The van der Waals surface area contributed by atoms with Crippen molar-refractivity contribution in [3.63, 3.8) is 0 Å². The molecule has 122 valence electrons. The number of hydrogen-bond donors (Lipinski definition) is 2. The zero-order chi connectivity index (χ0) is 12.6. The molecule has 0 aliphatic heterocycles. The van der Waals surface area contributed by atoms with E-state index < -0.39 is 12.1 Å². The van der Waals surface area contributed by atoms with Gasteiger partial charge in [-0.25, -0.2) is 0 Å². The SMILES string of the molecule is O.O.[CH2-]CC(=O)C(N)CSSCC(N)C(=O)C[CH2-].[W].[W]. The minimum Gasteiger partial charge on any atom is -0.412 e. The molecule has 0 aliphatic carbocycles. The van der Waals surface area contributed by atoms with E-state index in [0.29, 0.717) is 11.5 Å². The molecule has 0 saturated heterocycles. The monoisotopic (exact) mass is 666 g/mol. The van der Waals surface area contributed by atoms with Gasteiger partial charge in [0, 0.05) is 53.6 Å². The summed E-state index contributed by atoms with van der Waals surface area (Å²) in [7, 11) is 2.90. The summed E-state index contributed by atoms with van der Waals surface area (Å²) in [6, 6.07) is -0.954. The fourth-order valence-corrected chi connectivity index (χ4v) is 3.11. The van der Waals surface area contributed by atoms with Crippen molar-refractivity contribution in [3.8, 4) is 0 Å². The number of Topliss-reactive ketones (excluding diaryl/α,β-unsaturated/α-hetero) is 2. The minimum atomic E-state index is -0.477. The zero-order valence-corrected chi connectivity index (χ0v) is 18.5. The summed E-state index contributed by atoms with van der Waals surface area (Å²) < 4.78 is 0. The second-order valence-corrected chi connectivity index (χ2v) is 5.77. The number of rotatable bonds is 9. The Morgan fingerprint density at radius 2 is 1.10 bits per heavy atom. The van der Waals surface area contributed by atoms with Crippen molar-refractivity contribution in [2.45, 2.75) is 24.9 Å². The average Bonchev–Trinajstić information content (AvgIpc) is 2.31. The van der Waals surface area contributed by atoms with Gasteiger partial charge in [-0.1, -0.05) is 21.6 Å². The van der Waals surface area contributed by atoms with Crippen molar-refractivity contribution in [2.75, 3.05) is 11.5 Å². The number of nitrogens with two attached hydrogens (primary N) is 2. The number of hydrogen-bond acceptors (Lipinski definition) is 6. The minimum absolute atomic E-state index is 0. The van der Waals surface area contributed by atoms with Gasteiger partial charge < -0.3 is 45.9 Å². The molecule has 0 fully saturated rings. The zero-order valence-electron chi connectivity index (χ0n) is 11.0. The third-order valence-corrected chi connectivity index (χ3v) is 4.37. The van der Waals surface area contributed by atoms with Crippen molar-refractivity contribution < 1.29 is 62.7 Å². The van der Waals surface area contributed by atoms with Gasteiger partial charge in [0.1, 0.15) is 11.6 Å². The molecular weight excluding hydrogens is 644 g/mol. The van der Waals surface area contributed by atoms with Gasteiger partial charge in [0.25, 0.3) is 0 Å². The molecule has 0 rings (SSSR count). The van der Waals surface area contributed by atoms with Gasteiger partial charge in [0.2, 0.25) is 0 Å². The summed E-state index contributed by atoms with van der Waals surface area (Å²) in [5.41, 5.74) is 11.2. The summed E-state index contributed by atoms with van der Waals surface area (Å²) >= 11 is 0. The first-order valence-electron chi connectivity index (χ1n) is 4.92. The van der Waals surface area contributed by atoms with Gasteiger partial charge in [-0.15, -0.1) is 12.8 Å². The first kappa shape index (κ1) is 33.0. The predicted octanol–water partition coefficient (Wildman–Crippen LogP) is -1.05. The van der Waals surface area contributed by atoms with E-state index >= 15 is 0 Å². The van der Waals surface area contributed by atoms with Crippen LogP contribution in [0.25, 0.3) is 0 Å². The van der Waals surface area contributed by atoms with E-state index in [1.807, 2.05) is 0 Å². The Kier molecular flexibility index (Phi) is 33.4. The largest absolute Gasteiger partial charge is 0.412 e. The Hall–Kier alpha value is 1.26. The Morgan fingerprint density at radius 1 is 0.850 bits per heavy atom. The molecule has 8 N–H and O–H groups in total. The van der Waals surface area contributed by atoms with Crippen molar-refractivity contribution in [1.29, 1.82) is 0 Å². The topological polar surface area (TPSA) is 149 Å². The molecule has 0 bridgehead atoms. The number of carbonyl (C=O) groups excluding carboxylic acids is 2. The summed E-state index contributed by atoms with van der Waals surface area (Å²) in [6.07, 6.45) is 0.428. The van der Waals surface area contributed by atoms with Crippen LogP contribution in [-0.4, -0.2) is 46.1 Å². The Balaban J connectivity index is -0.000000187. The Labute approximate surface area is 156 Å². The van der Waals surface area contributed by atoms with Crippen LogP contribution in [0, 0.1) is 13.8 Å². The van der Waals surface area contributed by atoms with Crippen LogP contribution in [0.2, 0.25) is 0 Å². The molecule has 0 saturated carbocycles. The van der Waals surface area contributed by atoms with Crippen molar-refractivity contribution in [2.24, 2.45) is 11.5 Å². The van der Waals surface area contributed by atoms with Gasteiger partial charge in [-0.05, 0) is 0 Å². The summed E-state index contributed by atoms with van der Waals surface area (Å²) in [5, 5.41) is 0. The Morgan fingerprint density at radius 3 is 1.30 bits per heavy atom. The number of carbonyl (C=O) groups is 2. The van der Waals surface area contributed by atoms with Crippen molar-refractivity contribution in [3.05, 3.63) is 13.8 Å². The number of ketones is 2. The van der Waals surface area contributed by atoms with Crippen molar-refractivity contribution >= 4 is 33.2 Å². The van der Waals surface area contributed by atoms with Crippen LogP contribution in [0.1, 0.15) is 12.8 Å². The van der Waals surface area contributed by atoms with Gasteiger partial charge in [-0.2, -0.15) is 0 Å². The van der Waals surface area contributed by atoms with Crippen molar-refractivity contribution in [1.82, 2.24) is 0 Å². The summed E-state index contributed by atoms with van der Waals surface area (Å²) in [5.74, 6) is 0.937. The third-order valence-electron chi connectivity index (χ3n) is 1.90. The van der Waals surface area contributed by atoms with E-state index in [1.165, 1.54) is 21.6 Å². The van der Waals surface area contributed by atoms with Gasteiger partial charge in [-0.3, -0.25) is 0 Å². The normalized spacial score (nSPS) is 11.6. The molecule has 0 aromatic rings. The first-order chi connectivity index (χ1) is 7.52. The van der Waals surface area contributed by atoms with Crippen LogP contribution in [0.15, 0.2) is 0 Å². The van der Waals surface area contributed by atoms with E-state index in [4.69, 9.17) is 11.5 Å². The van der Waals surface area contributed by atoms with Crippen LogP contribution in [-0.2, 0) is 51.7 Å². The van der Waals surface area contributed by atoms with Gasteiger partial charge in [0.15, 0.2) is 0 Å². The van der Waals surface area contributed by atoms with Crippen LogP contribution in [0.5, 0.6) is 0 Å². The van der Waals surface area contributed by atoms with E-state index in [9.17, 15) is 9.59 Å². The average molecular weight is 666 g/mol. The second kappa shape index (κ2) is 20.3. The fourth-order valence-electron chi connectivity index (χ4n) is 0.800. The van der Waals surface area contributed by atoms with E-state index in [-0.39, 0.29) is 77.5 Å². The summed E-state index contributed by atoms with van der Waals surface area (Å²) in [6.45, 7) is 6.96. The molecule has 0 amide bonds. The quantitative estimate of drug-likeness (QED) is 0.183. The van der Waals surface area contributed by atoms with E-state index in [2.05, 4.69) is 13.8 Å². The predicted molar refractivity (Wildman–Crippen MR) is 78.1 cm³/mol. The maximum absolute atomic E-state index is 11.1. The molecule has 2 unspecified atom stereocenters. The van der Waals surface area contributed by atoms with Crippen LogP contribution >= 0.6 is 21.6 Å². The molecule has 2 atom stereocenters. The standard InChI is InChI=1S/C10H18N2O2S2.2H2O.2W/c1-3-9(13)7(11)5-15-16-6-8(12)10(14)4-2;;;;/h7-8H,1-6,11-12H2;2*1H2;;/q-2;;;;. The molecule has 0 aromatic carbocycles. The molecule has 0 aromatic heterocycles. The summed E-state index contributed by atoms with van der Waals surface area (Å²) in [4.78, 5) is 22.2. The van der Waals surface area contributed by atoms with Crippen LogP contribution in [0.4, 0.5) is 0 Å². The molecule has 0 heterocycles. The van der Waals surface area contributed by atoms with Crippen LogP contribution in [0.3, 0.4) is 0 Å². The fraction of sp³-hybridized carbons (Fsp3) is 0.600. The Bertz CT molecular complexity index is 227.